The minimum atomic E-state index is -4.41. The molecule has 0 aromatic heterocycles. The van der Waals surface area contributed by atoms with Gasteiger partial charge in [-0.2, -0.15) is 13.2 Å². The molecule has 2 aliphatic rings. The van der Waals surface area contributed by atoms with Gasteiger partial charge >= 0.3 is 6.18 Å². The maximum atomic E-state index is 13.7. The van der Waals surface area contributed by atoms with E-state index in [1.807, 2.05) is 30.4 Å². The summed E-state index contributed by atoms with van der Waals surface area (Å²) in [7, 11) is 0. The summed E-state index contributed by atoms with van der Waals surface area (Å²) in [5, 5.41) is 5.94. The van der Waals surface area contributed by atoms with Gasteiger partial charge in [0.1, 0.15) is 0 Å². The van der Waals surface area contributed by atoms with Crippen LogP contribution in [0.5, 0.6) is 0 Å². The van der Waals surface area contributed by atoms with Crippen LogP contribution in [-0.2, 0) is 6.18 Å². The number of benzene rings is 3. The van der Waals surface area contributed by atoms with E-state index in [1.165, 1.54) is 6.07 Å². The highest BCUT2D eigenvalue weighted by Crippen LogP contribution is 2.55. The van der Waals surface area contributed by atoms with Crippen LogP contribution >= 0.6 is 11.6 Å². The molecule has 0 bridgehead atoms. The Labute approximate surface area is 165 Å². The SMILES string of the molecule is FC(F)(F)c1ccc(Cl)c2c1[C@@H]1C=CC[C@H]1[C@@H](c1cccc3ccccc13)N2. The highest BCUT2D eigenvalue weighted by Gasteiger charge is 2.45. The Morgan fingerprint density at radius 1 is 0.964 bits per heavy atom. The van der Waals surface area contributed by atoms with Gasteiger partial charge in [0.25, 0.3) is 0 Å². The zero-order valence-corrected chi connectivity index (χ0v) is 15.6. The molecule has 28 heavy (non-hydrogen) atoms. The molecule has 1 nitrogen and oxygen atoms in total. The molecule has 1 heterocycles. The third kappa shape index (κ3) is 2.62. The first kappa shape index (κ1) is 17.6. The van der Waals surface area contributed by atoms with Crippen molar-refractivity contribution in [3.05, 3.63) is 88.5 Å². The van der Waals surface area contributed by atoms with Crippen molar-refractivity contribution in [1.82, 2.24) is 0 Å². The summed E-state index contributed by atoms with van der Waals surface area (Å²) in [5.41, 5.74) is 1.17. The predicted molar refractivity (Wildman–Crippen MR) is 107 cm³/mol. The Kier molecular flexibility index (Phi) is 3.95. The number of nitrogens with one attached hydrogen (secondary N) is 1. The molecule has 1 aliphatic heterocycles. The molecule has 0 unspecified atom stereocenters. The second kappa shape index (κ2) is 6.28. The lowest BCUT2D eigenvalue weighted by Crippen LogP contribution is -2.31. The molecule has 3 aromatic carbocycles. The van der Waals surface area contributed by atoms with Crippen LogP contribution < -0.4 is 5.32 Å². The van der Waals surface area contributed by atoms with Crippen LogP contribution in [0.2, 0.25) is 5.02 Å². The Morgan fingerprint density at radius 3 is 2.57 bits per heavy atom. The molecule has 3 atom stereocenters. The van der Waals surface area contributed by atoms with Crippen LogP contribution in [0.3, 0.4) is 0 Å². The topological polar surface area (TPSA) is 12.0 Å². The molecular weight excluding hydrogens is 383 g/mol. The maximum absolute atomic E-state index is 13.7. The van der Waals surface area contributed by atoms with Crippen molar-refractivity contribution in [3.63, 3.8) is 0 Å². The molecule has 5 rings (SSSR count). The van der Waals surface area contributed by atoms with E-state index in [9.17, 15) is 13.2 Å². The van der Waals surface area contributed by atoms with E-state index in [0.717, 1.165) is 28.8 Å². The number of allylic oxidation sites excluding steroid dienone is 2. The number of alkyl halides is 3. The normalized spacial score (nSPS) is 23.4. The first-order valence-corrected chi connectivity index (χ1v) is 9.63. The highest BCUT2D eigenvalue weighted by molar-refractivity contribution is 6.33. The zero-order valence-electron chi connectivity index (χ0n) is 14.8. The third-order valence-electron chi connectivity index (χ3n) is 5.93. The molecular formula is C23H17ClF3N. The van der Waals surface area contributed by atoms with Crippen LogP contribution in [0.4, 0.5) is 18.9 Å². The number of halogens is 4. The lowest BCUT2D eigenvalue weighted by Gasteiger charge is -2.39. The van der Waals surface area contributed by atoms with Crippen LogP contribution in [0.15, 0.2) is 66.7 Å². The fourth-order valence-electron chi connectivity index (χ4n) is 4.75. The second-order valence-electron chi connectivity index (χ2n) is 7.43. The fourth-order valence-corrected chi connectivity index (χ4v) is 4.97. The number of fused-ring (bicyclic) bond motifs is 4. The minimum absolute atomic E-state index is 0.0119. The van der Waals surface area contributed by atoms with Gasteiger partial charge in [-0.25, -0.2) is 0 Å². The monoisotopic (exact) mass is 399 g/mol. The third-order valence-corrected chi connectivity index (χ3v) is 6.25. The van der Waals surface area contributed by atoms with Gasteiger partial charge in [-0.1, -0.05) is 66.2 Å². The van der Waals surface area contributed by atoms with Crippen LogP contribution in [0, 0.1) is 5.92 Å². The molecule has 1 aliphatic carbocycles. The first-order chi connectivity index (χ1) is 13.4. The summed E-state index contributed by atoms with van der Waals surface area (Å²) in [6.07, 6.45) is 0.220. The summed E-state index contributed by atoms with van der Waals surface area (Å²) in [6.45, 7) is 0. The van der Waals surface area contributed by atoms with Gasteiger partial charge in [0.15, 0.2) is 0 Å². The second-order valence-corrected chi connectivity index (χ2v) is 7.83. The van der Waals surface area contributed by atoms with Gasteiger partial charge in [-0.05, 0) is 46.4 Å². The summed E-state index contributed by atoms with van der Waals surface area (Å²) in [4.78, 5) is 0. The van der Waals surface area contributed by atoms with Crippen LogP contribution in [0.25, 0.3) is 10.8 Å². The van der Waals surface area contributed by atoms with Gasteiger partial charge in [0, 0.05) is 5.92 Å². The van der Waals surface area contributed by atoms with Crippen molar-refractivity contribution in [1.29, 1.82) is 0 Å². The average Bonchev–Trinajstić information content (AvgIpc) is 3.16. The molecule has 0 fully saturated rings. The number of hydrogen-bond donors (Lipinski definition) is 1. The van der Waals surface area contributed by atoms with Gasteiger partial charge in [0.05, 0.1) is 22.3 Å². The standard InChI is InChI=1S/C23H17ClF3N/c24-19-12-11-18(23(25,26)27)20-15-8-4-10-17(15)21(28-22(19)20)16-9-3-6-13-5-1-2-7-14(13)16/h1-9,11-12,15,17,21,28H,10H2/t15-,17-,21-/m1/s1. The Balaban J connectivity index is 1.72. The van der Waals surface area contributed by atoms with E-state index in [4.69, 9.17) is 11.6 Å². The molecule has 0 spiro atoms. The number of rotatable bonds is 1. The Hall–Kier alpha value is -2.46. The predicted octanol–water partition coefficient (Wildman–Crippen LogP) is 7.34. The van der Waals surface area contributed by atoms with Gasteiger partial charge in [0.2, 0.25) is 0 Å². The molecule has 0 radical (unpaired) electrons. The highest BCUT2D eigenvalue weighted by atomic mass is 35.5. The fraction of sp³-hybridized carbons (Fsp3) is 0.217. The van der Waals surface area contributed by atoms with Gasteiger partial charge < -0.3 is 5.32 Å². The minimum Gasteiger partial charge on any atom is -0.376 e. The van der Waals surface area contributed by atoms with Crippen LogP contribution in [-0.4, -0.2) is 0 Å². The zero-order chi connectivity index (χ0) is 19.5. The van der Waals surface area contributed by atoms with E-state index in [0.29, 0.717) is 10.7 Å². The number of hydrogen-bond acceptors (Lipinski definition) is 1. The van der Waals surface area contributed by atoms with Crippen molar-refractivity contribution in [2.24, 2.45) is 5.92 Å². The van der Waals surface area contributed by atoms with Gasteiger partial charge in [-0.3, -0.25) is 0 Å². The molecule has 142 valence electrons. The summed E-state index contributed by atoms with van der Waals surface area (Å²) < 4.78 is 41.1. The lowest BCUT2D eigenvalue weighted by molar-refractivity contribution is -0.138. The molecule has 5 heteroatoms. The summed E-state index contributed by atoms with van der Waals surface area (Å²) >= 11 is 6.37. The summed E-state index contributed by atoms with van der Waals surface area (Å²) in [5.74, 6) is -0.298. The van der Waals surface area contributed by atoms with Crippen molar-refractivity contribution in [3.8, 4) is 0 Å². The molecule has 0 amide bonds. The average molecular weight is 400 g/mol. The first-order valence-electron chi connectivity index (χ1n) is 9.25. The smallest absolute Gasteiger partial charge is 0.376 e. The van der Waals surface area contributed by atoms with Crippen molar-refractivity contribution in [2.75, 3.05) is 5.32 Å². The Bertz CT molecular complexity index is 1100. The largest absolute Gasteiger partial charge is 0.416 e. The summed E-state index contributed by atoms with van der Waals surface area (Å²) in [6, 6.07) is 16.5. The maximum Gasteiger partial charge on any atom is 0.416 e. The van der Waals surface area contributed by atoms with Gasteiger partial charge in [-0.15, -0.1) is 0 Å². The molecule has 3 aromatic rings. The number of anilines is 1. The van der Waals surface area contributed by atoms with Crippen molar-refractivity contribution >= 4 is 28.1 Å². The van der Waals surface area contributed by atoms with E-state index in [-0.39, 0.29) is 23.4 Å². The molecule has 1 N–H and O–H groups in total. The molecule has 0 saturated carbocycles. The van der Waals surface area contributed by atoms with Crippen LogP contribution in [0.1, 0.15) is 35.1 Å². The molecule has 0 saturated heterocycles. The van der Waals surface area contributed by atoms with Crippen molar-refractivity contribution < 1.29 is 13.2 Å². The van der Waals surface area contributed by atoms with E-state index >= 15 is 0 Å². The Morgan fingerprint density at radius 2 is 1.75 bits per heavy atom. The van der Waals surface area contributed by atoms with E-state index in [2.05, 4.69) is 29.6 Å². The van der Waals surface area contributed by atoms with E-state index in [1.54, 1.807) is 0 Å². The van der Waals surface area contributed by atoms with E-state index < -0.39 is 11.7 Å². The quantitative estimate of drug-likeness (QED) is 0.422. The lowest BCUT2D eigenvalue weighted by atomic mass is 9.74. The van der Waals surface area contributed by atoms with Crippen molar-refractivity contribution in [2.45, 2.75) is 24.6 Å².